The largest absolute Gasteiger partial charge is 0.354 e. The zero-order valence-electron chi connectivity index (χ0n) is 21.2. The van der Waals surface area contributed by atoms with Crippen molar-refractivity contribution < 1.29 is 18.0 Å². The Morgan fingerprint density at radius 1 is 1.00 bits per heavy atom. The van der Waals surface area contributed by atoms with Crippen LogP contribution in [0.3, 0.4) is 0 Å². The summed E-state index contributed by atoms with van der Waals surface area (Å²) < 4.78 is 27.3. The predicted molar refractivity (Wildman–Crippen MR) is 153 cm³/mol. The lowest BCUT2D eigenvalue weighted by atomic mass is 9.93. The van der Waals surface area contributed by atoms with E-state index < -0.39 is 22.0 Å². The van der Waals surface area contributed by atoms with Gasteiger partial charge in [0.15, 0.2) is 0 Å². The average Bonchev–Trinajstić information content (AvgIpc) is 3.28. The molecule has 2 saturated heterocycles. The first-order chi connectivity index (χ1) is 18.6. The first kappa shape index (κ1) is 27.5. The summed E-state index contributed by atoms with van der Waals surface area (Å²) >= 11 is 12.3. The second-order valence-corrected chi connectivity index (χ2v) is 12.6. The minimum atomic E-state index is -3.67. The zero-order valence-corrected chi connectivity index (χ0v) is 23.5. The summed E-state index contributed by atoms with van der Waals surface area (Å²) in [5.41, 5.74) is 2.75. The van der Waals surface area contributed by atoms with Crippen LogP contribution >= 0.6 is 23.2 Å². The first-order valence-corrected chi connectivity index (χ1v) is 15.1. The number of nitrogens with one attached hydrogen (secondary N) is 2. The van der Waals surface area contributed by atoms with Crippen LogP contribution in [-0.4, -0.2) is 63.1 Å². The van der Waals surface area contributed by atoms with Crippen molar-refractivity contribution in [1.82, 2.24) is 15.5 Å². The molecule has 0 saturated carbocycles. The third-order valence-corrected chi connectivity index (χ3v) is 8.76. The number of carbonyl (C=O) groups is 2. The summed E-state index contributed by atoms with van der Waals surface area (Å²) in [4.78, 5) is 26.9. The number of rotatable bonds is 8. The number of sulfonamides is 1. The van der Waals surface area contributed by atoms with E-state index in [2.05, 4.69) is 15.5 Å². The molecule has 204 valence electrons. The fraction of sp³-hybridized carbons (Fsp3) is 0.286. The molecule has 3 aromatic carbocycles. The molecule has 8 nitrogen and oxygen atoms in total. The SMILES string of the molecule is CS(=O)(=O)N(c1cccc(C(=O)NC2CCNC2=O)c1)C1CN(C(c2ccc(Cl)cc2)c2ccc(Cl)cc2)C1. The first-order valence-electron chi connectivity index (χ1n) is 12.5. The number of halogens is 2. The molecule has 2 aliphatic heterocycles. The van der Waals surface area contributed by atoms with Gasteiger partial charge in [-0.3, -0.25) is 18.8 Å². The Bertz CT molecular complexity index is 1430. The maximum atomic E-state index is 13.0. The Balaban J connectivity index is 1.38. The minimum absolute atomic E-state index is 0.119. The van der Waals surface area contributed by atoms with Gasteiger partial charge in [-0.15, -0.1) is 0 Å². The Hall–Kier alpha value is -3.11. The van der Waals surface area contributed by atoms with Crippen molar-refractivity contribution >= 4 is 50.7 Å². The average molecular weight is 588 g/mol. The smallest absolute Gasteiger partial charge is 0.252 e. The van der Waals surface area contributed by atoms with Gasteiger partial charge in [-0.25, -0.2) is 8.42 Å². The monoisotopic (exact) mass is 586 g/mol. The van der Waals surface area contributed by atoms with E-state index in [4.69, 9.17) is 23.2 Å². The Morgan fingerprint density at radius 2 is 1.59 bits per heavy atom. The van der Waals surface area contributed by atoms with Crippen molar-refractivity contribution in [2.24, 2.45) is 0 Å². The van der Waals surface area contributed by atoms with Gasteiger partial charge in [0.05, 0.1) is 24.0 Å². The molecule has 0 bridgehead atoms. The van der Waals surface area contributed by atoms with Crippen LogP contribution in [0, 0.1) is 0 Å². The topological polar surface area (TPSA) is 98.8 Å². The molecule has 1 atom stereocenters. The third-order valence-electron chi connectivity index (χ3n) is 7.03. The van der Waals surface area contributed by atoms with Crippen molar-refractivity contribution in [3.05, 3.63) is 99.5 Å². The van der Waals surface area contributed by atoms with Gasteiger partial charge in [-0.2, -0.15) is 0 Å². The zero-order chi connectivity index (χ0) is 27.7. The summed E-state index contributed by atoms with van der Waals surface area (Å²) in [6.45, 7) is 1.46. The van der Waals surface area contributed by atoms with E-state index >= 15 is 0 Å². The van der Waals surface area contributed by atoms with Gasteiger partial charge < -0.3 is 10.6 Å². The van der Waals surface area contributed by atoms with Crippen molar-refractivity contribution in [2.45, 2.75) is 24.5 Å². The molecule has 2 N–H and O–H groups in total. The lowest BCUT2D eigenvalue weighted by Gasteiger charge is -2.48. The fourth-order valence-corrected chi connectivity index (χ4v) is 6.61. The van der Waals surface area contributed by atoms with Gasteiger partial charge in [0.25, 0.3) is 5.91 Å². The van der Waals surface area contributed by atoms with Crippen LogP contribution in [-0.2, 0) is 14.8 Å². The van der Waals surface area contributed by atoms with Gasteiger partial charge in [0, 0.05) is 35.2 Å². The molecule has 5 rings (SSSR count). The number of carbonyl (C=O) groups excluding carboxylic acids is 2. The highest BCUT2D eigenvalue weighted by atomic mass is 35.5. The van der Waals surface area contributed by atoms with Crippen LogP contribution in [0.2, 0.25) is 10.0 Å². The van der Waals surface area contributed by atoms with Gasteiger partial charge in [-0.05, 0) is 60.0 Å². The molecule has 0 aromatic heterocycles. The van der Waals surface area contributed by atoms with Crippen molar-refractivity contribution in [1.29, 1.82) is 0 Å². The van der Waals surface area contributed by atoms with E-state index in [1.807, 2.05) is 48.5 Å². The molecule has 39 heavy (non-hydrogen) atoms. The minimum Gasteiger partial charge on any atom is -0.354 e. The molecule has 3 aromatic rings. The molecule has 0 radical (unpaired) electrons. The molecule has 0 aliphatic carbocycles. The summed E-state index contributed by atoms with van der Waals surface area (Å²) in [5, 5.41) is 6.69. The maximum Gasteiger partial charge on any atom is 0.252 e. The van der Waals surface area contributed by atoms with Crippen molar-refractivity contribution in [3.63, 3.8) is 0 Å². The number of hydrogen-bond donors (Lipinski definition) is 2. The number of benzene rings is 3. The molecule has 2 amide bonds. The van der Waals surface area contributed by atoms with E-state index in [1.165, 1.54) is 10.6 Å². The van der Waals surface area contributed by atoms with Crippen molar-refractivity contribution in [3.8, 4) is 0 Å². The van der Waals surface area contributed by atoms with Gasteiger partial charge in [-0.1, -0.05) is 53.5 Å². The van der Waals surface area contributed by atoms with Gasteiger partial charge in [0.1, 0.15) is 6.04 Å². The quantitative estimate of drug-likeness (QED) is 0.418. The standard InChI is InChI=1S/C28H28Cl2N4O4S/c1-39(37,38)34(23-4-2-3-20(15-23)27(35)32-25-13-14-31-28(25)36)24-16-33(17-24)26(18-5-9-21(29)10-6-18)19-7-11-22(30)12-8-19/h2-12,15,24-26H,13-14,16-17H2,1H3,(H,31,36)(H,32,35). The van der Waals surface area contributed by atoms with E-state index in [1.54, 1.807) is 24.3 Å². The second-order valence-electron chi connectivity index (χ2n) is 9.83. The van der Waals surface area contributed by atoms with E-state index in [0.29, 0.717) is 41.8 Å². The molecule has 0 spiro atoms. The Kier molecular flexibility index (Phi) is 7.87. The third kappa shape index (κ3) is 6.06. The molecular weight excluding hydrogens is 559 g/mol. The molecule has 11 heteroatoms. The van der Waals surface area contributed by atoms with E-state index in [0.717, 1.165) is 11.1 Å². The number of hydrogen-bond acceptors (Lipinski definition) is 5. The van der Waals surface area contributed by atoms with Crippen LogP contribution in [0.5, 0.6) is 0 Å². The Labute approximate surface area is 237 Å². The number of amides is 2. The highest BCUT2D eigenvalue weighted by Crippen LogP contribution is 2.36. The number of nitrogens with zero attached hydrogens (tertiary/aromatic N) is 2. The lowest BCUT2D eigenvalue weighted by molar-refractivity contribution is -0.120. The van der Waals surface area contributed by atoms with Crippen LogP contribution in [0.1, 0.15) is 33.9 Å². The van der Waals surface area contributed by atoms with Crippen LogP contribution < -0.4 is 14.9 Å². The summed E-state index contributed by atoms with van der Waals surface area (Å²) in [5.74, 6) is -0.643. The summed E-state index contributed by atoms with van der Waals surface area (Å²) in [6.07, 6.45) is 1.68. The van der Waals surface area contributed by atoms with Crippen LogP contribution in [0.25, 0.3) is 0 Å². The molecule has 1 unspecified atom stereocenters. The highest BCUT2D eigenvalue weighted by molar-refractivity contribution is 7.92. The van der Waals surface area contributed by atoms with Gasteiger partial charge in [0.2, 0.25) is 15.9 Å². The van der Waals surface area contributed by atoms with E-state index in [-0.39, 0.29) is 23.6 Å². The van der Waals surface area contributed by atoms with Gasteiger partial charge >= 0.3 is 0 Å². The normalized spacial score (nSPS) is 18.1. The van der Waals surface area contributed by atoms with Crippen molar-refractivity contribution in [2.75, 3.05) is 30.2 Å². The highest BCUT2D eigenvalue weighted by Gasteiger charge is 2.41. The van der Waals surface area contributed by atoms with Crippen LogP contribution in [0.15, 0.2) is 72.8 Å². The molecule has 2 fully saturated rings. The molecular formula is C28H28Cl2N4O4S. The predicted octanol–water partition coefficient (Wildman–Crippen LogP) is 3.85. The second kappa shape index (κ2) is 11.2. The maximum absolute atomic E-state index is 13.0. The number of likely N-dealkylation sites (tertiary alicyclic amines) is 1. The molecule has 2 aliphatic rings. The number of anilines is 1. The van der Waals surface area contributed by atoms with E-state index in [9.17, 15) is 18.0 Å². The molecule has 2 heterocycles. The summed E-state index contributed by atoms with van der Waals surface area (Å²) in [7, 11) is -3.67. The Morgan fingerprint density at radius 3 is 2.10 bits per heavy atom. The summed E-state index contributed by atoms with van der Waals surface area (Å²) in [6, 6.07) is 20.7. The fourth-order valence-electron chi connectivity index (χ4n) is 5.18. The lowest BCUT2D eigenvalue weighted by Crippen LogP contribution is -2.61. The van der Waals surface area contributed by atoms with Crippen LogP contribution in [0.4, 0.5) is 5.69 Å².